The minimum atomic E-state index is 0.412. The summed E-state index contributed by atoms with van der Waals surface area (Å²) < 4.78 is 0.412. The third kappa shape index (κ3) is 2.38. The van der Waals surface area contributed by atoms with Gasteiger partial charge in [-0.15, -0.1) is 0 Å². The second kappa shape index (κ2) is 3.33. The fourth-order valence-corrected chi connectivity index (χ4v) is 0.118. The van der Waals surface area contributed by atoms with E-state index in [2.05, 4.69) is 0 Å². The van der Waals surface area contributed by atoms with Gasteiger partial charge in [-0.25, -0.2) is 0 Å². The highest BCUT2D eigenvalue weighted by atomic mass is 35.5. The maximum Gasteiger partial charge on any atom is 0.104 e. The Morgan fingerprint density at radius 2 is 2.33 bits per heavy atom. The third-order valence-corrected chi connectivity index (χ3v) is 0.998. The molecule has 0 atom stereocenters. The highest BCUT2D eigenvalue weighted by molar-refractivity contribution is 8.02. The van der Waals surface area contributed by atoms with Gasteiger partial charge in [0.15, 0.2) is 0 Å². The molecule has 0 aliphatic rings. The minimum Gasteiger partial charge on any atom is -0.403 e. The van der Waals surface area contributed by atoms with Gasteiger partial charge in [-0.3, -0.25) is 5.14 Å². The van der Waals surface area contributed by atoms with Crippen LogP contribution in [0, 0.1) is 0 Å². The molecule has 0 aliphatic heterocycles. The van der Waals surface area contributed by atoms with E-state index in [0.29, 0.717) is 4.36 Å². The molecule has 4 heteroatoms. The van der Waals surface area contributed by atoms with Crippen molar-refractivity contribution in [1.29, 1.82) is 0 Å². The zero-order valence-electron chi connectivity index (χ0n) is 3.02. The fraction of sp³-hybridized carbons (Fsp3) is 0. The highest BCUT2D eigenvalue weighted by Crippen LogP contribution is 2.08. The first-order chi connectivity index (χ1) is 2.81. The normalized spacial score (nSPS) is 12.0. The molecule has 6 heavy (non-hydrogen) atoms. The summed E-state index contributed by atoms with van der Waals surface area (Å²) in [6, 6.07) is 0. The van der Waals surface area contributed by atoms with Gasteiger partial charge in [0.1, 0.15) is 4.36 Å². The fourth-order valence-electron chi connectivity index (χ4n) is 0.0393. The molecule has 0 amide bonds. The average molecular weight is 125 g/mol. The molecule has 0 unspecified atom stereocenters. The number of hydrogen-bond acceptors (Lipinski definition) is 3. The molecule has 0 rings (SSSR count). The summed E-state index contributed by atoms with van der Waals surface area (Å²) in [5, 5.41) is 4.92. The van der Waals surface area contributed by atoms with E-state index in [1.54, 1.807) is 0 Å². The molecule has 0 aromatic heterocycles. The number of halogens is 1. The lowest BCUT2D eigenvalue weighted by atomic mass is 11.1. The molecule has 0 aromatic carbocycles. The van der Waals surface area contributed by atoms with Crippen LogP contribution in [-0.2, 0) is 0 Å². The maximum absolute atomic E-state index is 5.22. The lowest BCUT2D eigenvalue weighted by Gasteiger charge is -1.81. The Labute approximate surface area is 45.7 Å². The molecule has 0 radical (unpaired) electrons. The van der Waals surface area contributed by atoms with Crippen LogP contribution >= 0.6 is 23.5 Å². The second-order valence-electron chi connectivity index (χ2n) is 0.589. The first-order valence-electron chi connectivity index (χ1n) is 1.25. The van der Waals surface area contributed by atoms with Crippen molar-refractivity contribution in [3.63, 3.8) is 0 Å². The summed E-state index contributed by atoms with van der Waals surface area (Å²) in [4.78, 5) is 0. The van der Waals surface area contributed by atoms with Crippen LogP contribution in [0.5, 0.6) is 0 Å². The van der Waals surface area contributed by atoms with Crippen molar-refractivity contribution in [3.8, 4) is 0 Å². The minimum absolute atomic E-state index is 0.412. The summed E-state index contributed by atoms with van der Waals surface area (Å²) in [5.74, 6) is 0. The van der Waals surface area contributed by atoms with Gasteiger partial charge in [0, 0.05) is 6.20 Å². The van der Waals surface area contributed by atoms with E-state index in [9.17, 15) is 0 Å². The molecule has 2 nitrogen and oxygen atoms in total. The monoisotopic (exact) mass is 124 g/mol. The Morgan fingerprint density at radius 1 is 1.83 bits per heavy atom. The number of rotatable bonds is 1. The Bertz CT molecular complexity index is 62.6. The van der Waals surface area contributed by atoms with Crippen LogP contribution in [0.2, 0.25) is 0 Å². The van der Waals surface area contributed by atoms with Crippen LogP contribution in [0.4, 0.5) is 0 Å². The molecule has 4 N–H and O–H groups in total. The molecule has 0 saturated heterocycles. The van der Waals surface area contributed by atoms with E-state index in [4.69, 9.17) is 22.5 Å². The Balaban J connectivity index is 3.22. The summed E-state index contributed by atoms with van der Waals surface area (Å²) in [5.41, 5.74) is 4.89. The Hall–Kier alpha value is 0.140. The van der Waals surface area contributed by atoms with Crippen LogP contribution in [-0.4, -0.2) is 0 Å². The zero-order valence-corrected chi connectivity index (χ0v) is 4.59. The average Bonchev–Trinajstić information content (AvgIpc) is 1.65. The molecular formula is C2H5ClN2S. The predicted octanol–water partition coefficient (Wildman–Crippen LogP) is 0.590. The quantitative estimate of drug-likeness (QED) is 0.503. The molecule has 0 bridgehead atoms. The van der Waals surface area contributed by atoms with Gasteiger partial charge in [0.25, 0.3) is 0 Å². The lowest BCUT2D eigenvalue weighted by Crippen LogP contribution is -1.81. The summed E-state index contributed by atoms with van der Waals surface area (Å²) >= 11 is 6.15. The van der Waals surface area contributed by atoms with Crippen molar-refractivity contribution in [1.82, 2.24) is 0 Å². The van der Waals surface area contributed by atoms with Crippen LogP contribution < -0.4 is 10.9 Å². The molecule has 0 spiro atoms. The van der Waals surface area contributed by atoms with Gasteiger partial charge in [-0.2, -0.15) is 0 Å². The molecule has 0 saturated carbocycles. The SMILES string of the molecule is N/C=C(/Cl)SN. The highest BCUT2D eigenvalue weighted by Gasteiger charge is 1.78. The van der Waals surface area contributed by atoms with E-state index >= 15 is 0 Å². The lowest BCUT2D eigenvalue weighted by molar-refractivity contribution is 1.62. The zero-order chi connectivity index (χ0) is 4.99. The van der Waals surface area contributed by atoms with Crippen LogP contribution in [0.15, 0.2) is 10.6 Å². The summed E-state index contributed by atoms with van der Waals surface area (Å²) in [6.07, 6.45) is 1.24. The van der Waals surface area contributed by atoms with Crippen molar-refractivity contribution in [2.75, 3.05) is 0 Å². The van der Waals surface area contributed by atoms with Gasteiger partial charge < -0.3 is 5.73 Å². The van der Waals surface area contributed by atoms with E-state index in [1.807, 2.05) is 0 Å². The van der Waals surface area contributed by atoms with Crippen molar-refractivity contribution in [3.05, 3.63) is 10.6 Å². The van der Waals surface area contributed by atoms with E-state index < -0.39 is 0 Å². The molecule has 0 aromatic rings. The van der Waals surface area contributed by atoms with E-state index in [0.717, 1.165) is 11.9 Å². The Kier molecular flexibility index (Phi) is 3.41. The largest absolute Gasteiger partial charge is 0.403 e. The first kappa shape index (κ1) is 6.14. The van der Waals surface area contributed by atoms with Crippen molar-refractivity contribution in [2.45, 2.75) is 0 Å². The topological polar surface area (TPSA) is 52.0 Å². The van der Waals surface area contributed by atoms with Crippen molar-refractivity contribution in [2.24, 2.45) is 10.9 Å². The molecule has 0 heterocycles. The van der Waals surface area contributed by atoms with Crippen LogP contribution in [0.1, 0.15) is 0 Å². The van der Waals surface area contributed by atoms with Gasteiger partial charge in [0.2, 0.25) is 0 Å². The molecule has 36 valence electrons. The maximum atomic E-state index is 5.22. The predicted molar refractivity (Wildman–Crippen MR) is 29.9 cm³/mol. The second-order valence-corrected chi connectivity index (χ2v) is 1.90. The van der Waals surface area contributed by atoms with E-state index in [-0.39, 0.29) is 0 Å². The molecular weight excluding hydrogens is 120 g/mol. The Morgan fingerprint density at radius 3 is 2.33 bits per heavy atom. The van der Waals surface area contributed by atoms with E-state index in [1.165, 1.54) is 6.20 Å². The number of nitrogens with two attached hydrogens (primary N) is 2. The van der Waals surface area contributed by atoms with Crippen LogP contribution in [0.25, 0.3) is 0 Å². The van der Waals surface area contributed by atoms with Crippen molar-refractivity contribution >= 4 is 23.5 Å². The van der Waals surface area contributed by atoms with Gasteiger partial charge >= 0.3 is 0 Å². The number of hydrogen-bond donors (Lipinski definition) is 2. The summed E-state index contributed by atoms with van der Waals surface area (Å²) in [7, 11) is 0. The standard InChI is InChI=1S/C2H5ClN2S/c3-2(1-4)6-5/h1H,4-5H2/b2-1-. The van der Waals surface area contributed by atoms with Gasteiger partial charge in [-0.05, 0) is 11.9 Å². The first-order valence-corrected chi connectivity index (χ1v) is 2.51. The van der Waals surface area contributed by atoms with Gasteiger partial charge in [-0.1, -0.05) is 11.6 Å². The molecule has 0 fully saturated rings. The van der Waals surface area contributed by atoms with Crippen LogP contribution in [0.3, 0.4) is 0 Å². The smallest absolute Gasteiger partial charge is 0.104 e. The third-order valence-electron chi connectivity index (χ3n) is 0.244. The van der Waals surface area contributed by atoms with Crippen molar-refractivity contribution < 1.29 is 0 Å². The molecule has 0 aliphatic carbocycles. The summed E-state index contributed by atoms with van der Waals surface area (Å²) in [6.45, 7) is 0. The van der Waals surface area contributed by atoms with Gasteiger partial charge in [0.05, 0.1) is 0 Å².